The SMILES string of the molecule is CCC[n+]1ccc2ccccc2c1Cc1ccc(OC)cc1.[I-]. The van der Waals surface area contributed by atoms with Gasteiger partial charge in [0.25, 0.3) is 0 Å². The highest BCUT2D eigenvalue weighted by molar-refractivity contribution is 5.83. The highest BCUT2D eigenvalue weighted by atomic mass is 127. The van der Waals surface area contributed by atoms with Crippen molar-refractivity contribution in [1.82, 2.24) is 0 Å². The van der Waals surface area contributed by atoms with Crippen LogP contribution < -0.4 is 33.3 Å². The van der Waals surface area contributed by atoms with Gasteiger partial charge >= 0.3 is 0 Å². The minimum atomic E-state index is 0. The van der Waals surface area contributed by atoms with E-state index in [1.807, 2.05) is 12.1 Å². The molecule has 23 heavy (non-hydrogen) atoms. The quantitative estimate of drug-likeness (QED) is 0.447. The Morgan fingerprint density at radius 3 is 2.39 bits per heavy atom. The Kier molecular flexibility index (Phi) is 6.39. The number of aromatic nitrogens is 1. The number of nitrogens with zero attached hydrogens (tertiary/aromatic N) is 1. The molecule has 0 aliphatic carbocycles. The van der Waals surface area contributed by atoms with E-state index in [4.69, 9.17) is 4.74 Å². The lowest BCUT2D eigenvalue weighted by atomic mass is 10.0. The molecule has 3 heteroatoms. The van der Waals surface area contributed by atoms with Crippen LogP contribution in [0.3, 0.4) is 0 Å². The molecule has 0 aliphatic rings. The number of benzene rings is 2. The van der Waals surface area contributed by atoms with Gasteiger partial charge in [0.05, 0.1) is 13.5 Å². The number of pyridine rings is 1. The Bertz CT molecular complexity index is 768. The van der Waals surface area contributed by atoms with E-state index < -0.39 is 0 Å². The largest absolute Gasteiger partial charge is 1.00 e. The Hall–Kier alpha value is -1.62. The summed E-state index contributed by atoms with van der Waals surface area (Å²) in [7, 11) is 1.70. The van der Waals surface area contributed by atoms with Crippen LogP contribution in [0.1, 0.15) is 24.6 Å². The van der Waals surface area contributed by atoms with Gasteiger partial charge in [-0.15, -0.1) is 0 Å². The standard InChI is InChI=1S/C20H22NO.HI/c1-3-13-21-14-12-17-6-4-5-7-19(17)20(21)15-16-8-10-18(22-2)11-9-16;/h4-12,14H,3,13,15H2,1-2H3;1H/q+1;/p-1. The molecule has 0 bridgehead atoms. The van der Waals surface area contributed by atoms with Gasteiger partial charge in [-0.2, -0.15) is 0 Å². The number of ether oxygens (including phenoxy) is 1. The van der Waals surface area contributed by atoms with Crippen molar-refractivity contribution in [2.75, 3.05) is 7.11 Å². The molecule has 0 radical (unpaired) electrons. The molecule has 2 aromatic carbocycles. The Balaban J connectivity index is 0.00000192. The normalized spacial score (nSPS) is 10.3. The van der Waals surface area contributed by atoms with Gasteiger partial charge in [0.15, 0.2) is 11.9 Å². The first kappa shape index (κ1) is 17.7. The van der Waals surface area contributed by atoms with Crippen molar-refractivity contribution in [1.29, 1.82) is 0 Å². The number of methoxy groups -OCH3 is 1. The molecule has 0 amide bonds. The second-order valence-electron chi connectivity index (χ2n) is 5.57. The van der Waals surface area contributed by atoms with Crippen molar-refractivity contribution in [2.24, 2.45) is 0 Å². The van der Waals surface area contributed by atoms with E-state index >= 15 is 0 Å². The minimum absolute atomic E-state index is 0. The maximum atomic E-state index is 5.25. The fourth-order valence-electron chi connectivity index (χ4n) is 2.90. The number of hydrogen-bond acceptors (Lipinski definition) is 1. The molecule has 0 saturated carbocycles. The van der Waals surface area contributed by atoms with E-state index in [-0.39, 0.29) is 24.0 Å². The molecule has 2 nitrogen and oxygen atoms in total. The summed E-state index contributed by atoms with van der Waals surface area (Å²) in [6, 6.07) is 19.2. The van der Waals surface area contributed by atoms with Crippen LogP contribution in [0.4, 0.5) is 0 Å². The third-order valence-electron chi connectivity index (χ3n) is 4.05. The maximum absolute atomic E-state index is 5.25. The first-order valence-electron chi connectivity index (χ1n) is 7.85. The molecule has 0 fully saturated rings. The van der Waals surface area contributed by atoms with Crippen LogP contribution in [0.5, 0.6) is 5.75 Å². The highest BCUT2D eigenvalue weighted by Gasteiger charge is 2.15. The van der Waals surface area contributed by atoms with Gasteiger partial charge in [-0.3, -0.25) is 0 Å². The Morgan fingerprint density at radius 2 is 1.70 bits per heavy atom. The zero-order valence-corrected chi connectivity index (χ0v) is 15.8. The summed E-state index contributed by atoms with van der Waals surface area (Å²) < 4.78 is 7.63. The third-order valence-corrected chi connectivity index (χ3v) is 4.05. The van der Waals surface area contributed by atoms with Crippen LogP contribution in [0, 0.1) is 0 Å². The second-order valence-corrected chi connectivity index (χ2v) is 5.57. The molecular formula is C20H22INO. The molecule has 0 N–H and O–H groups in total. The van der Waals surface area contributed by atoms with E-state index in [0.29, 0.717) is 0 Å². The van der Waals surface area contributed by atoms with Gasteiger partial charge in [-0.05, 0) is 29.1 Å². The molecule has 120 valence electrons. The van der Waals surface area contributed by atoms with Crippen molar-refractivity contribution >= 4 is 10.8 Å². The lowest BCUT2D eigenvalue weighted by Crippen LogP contribution is -3.00. The number of fused-ring (bicyclic) bond motifs is 1. The first-order chi connectivity index (χ1) is 10.8. The summed E-state index contributed by atoms with van der Waals surface area (Å²) in [6.45, 7) is 3.27. The summed E-state index contributed by atoms with van der Waals surface area (Å²) in [5.41, 5.74) is 2.69. The maximum Gasteiger partial charge on any atom is 0.193 e. The highest BCUT2D eigenvalue weighted by Crippen LogP contribution is 2.20. The summed E-state index contributed by atoms with van der Waals surface area (Å²) >= 11 is 0. The predicted molar refractivity (Wildman–Crippen MR) is 90.2 cm³/mol. The van der Waals surface area contributed by atoms with Gasteiger partial charge in [0.1, 0.15) is 12.3 Å². The van der Waals surface area contributed by atoms with E-state index in [1.54, 1.807) is 7.11 Å². The van der Waals surface area contributed by atoms with Crippen LogP contribution >= 0.6 is 0 Å². The van der Waals surface area contributed by atoms with Gasteiger partial charge in [0.2, 0.25) is 0 Å². The summed E-state index contributed by atoms with van der Waals surface area (Å²) in [5, 5.41) is 2.65. The Morgan fingerprint density at radius 1 is 0.957 bits per heavy atom. The number of aryl methyl sites for hydroxylation is 1. The van der Waals surface area contributed by atoms with Crippen LogP contribution in [-0.2, 0) is 13.0 Å². The van der Waals surface area contributed by atoms with E-state index in [0.717, 1.165) is 25.1 Å². The summed E-state index contributed by atoms with van der Waals surface area (Å²) in [4.78, 5) is 0. The lowest BCUT2D eigenvalue weighted by Gasteiger charge is -2.08. The van der Waals surface area contributed by atoms with Crippen molar-refractivity contribution in [3.63, 3.8) is 0 Å². The van der Waals surface area contributed by atoms with Gasteiger partial charge < -0.3 is 28.7 Å². The van der Waals surface area contributed by atoms with E-state index in [1.165, 1.54) is 22.0 Å². The molecule has 0 saturated heterocycles. The van der Waals surface area contributed by atoms with Crippen LogP contribution in [0.2, 0.25) is 0 Å². The van der Waals surface area contributed by atoms with Crippen LogP contribution in [0.15, 0.2) is 60.8 Å². The average Bonchev–Trinajstić information content (AvgIpc) is 2.58. The van der Waals surface area contributed by atoms with Gasteiger partial charge in [0, 0.05) is 17.9 Å². The number of halogens is 1. The average molecular weight is 419 g/mol. The third kappa shape index (κ3) is 4.02. The van der Waals surface area contributed by atoms with Crippen LogP contribution in [-0.4, -0.2) is 7.11 Å². The van der Waals surface area contributed by atoms with Crippen LogP contribution in [0.25, 0.3) is 10.8 Å². The molecule has 0 atom stereocenters. The summed E-state index contributed by atoms with van der Waals surface area (Å²) in [6.07, 6.45) is 4.29. The predicted octanol–water partition coefficient (Wildman–Crippen LogP) is 1.14. The zero-order chi connectivity index (χ0) is 15.4. The molecule has 1 aromatic heterocycles. The van der Waals surface area contributed by atoms with E-state index in [2.05, 4.69) is 60.2 Å². The minimum Gasteiger partial charge on any atom is -1.00 e. The lowest BCUT2D eigenvalue weighted by molar-refractivity contribution is -0.702. The molecular weight excluding hydrogens is 397 g/mol. The Labute approximate surface area is 155 Å². The van der Waals surface area contributed by atoms with Gasteiger partial charge in [-0.1, -0.05) is 37.3 Å². The summed E-state index contributed by atoms with van der Waals surface area (Å²) in [5.74, 6) is 0.906. The molecule has 1 heterocycles. The monoisotopic (exact) mass is 419 g/mol. The molecule has 0 spiro atoms. The van der Waals surface area contributed by atoms with Crippen molar-refractivity contribution < 1.29 is 33.3 Å². The molecule has 0 unspecified atom stereocenters. The molecule has 3 aromatic rings. The fraction of sp³-hybridized carbons (Fsp3) is 0.250. The number of hydrogen-bond donors (Lipinski definition) is 0. The topological polar surface area (TPSA) is 13.1 Å². The molecule has 3 rings (SSSR count). The first-order valence-corrected chi connectivity index (χ1v) is 7.85. The second kappa shape index (κ2) is 8.29. The molecule has 0 aliphatic heterocycles. The van der Waals surface area contributed by atoms with E-state index in [9.17, 15) is 0 Å². The smallest absolute Gasteiger partial charge is 0.193 e. The zero-order valence-electron chi connectivity index (χ0n) is 13.6. The van der Waals surface area contributed by atoms with Crippen molar-refractivity contribution in [3.05, 3.63) is 72.1 Å². The fourth-order valence-corrected chi connectivity index (χ4v) is 2.90. The van der Waals surface area contributed by atoms with Crippen molar-refractivity contribution in [2.45, 2.75) is 26.3 Å². The van der Waals surface area contributed by atoms with Crippen molar-refractivity contribution in [3.8, 4) is 5.75 Å². The van der Waals surface area contributed by atoms with Gasteiger partial charge in [-0.25, -0.2) is 4.57 Å². The number of rotatable bonds is 5.